The topological polar surface area (TPSA) is 80.1 Å². The van der Waals surface area contributed by atoms with Gasteiger partial charge in [0, 0.05) is 31.6 Å². The van der Waals surface area contributed by atoms with Gasteiger partial charge in [0.05, 0.1) is 13.7 Å². The van der Waals surface area contributed by atoms with E-state index < -0.39 is 16.0 Å². The van der Waals surface area contributed by atoms with Crippen LogP contribution in [0.5, 0.6) is 0 Å². The Bertz CT molecular complexity index is 942. The molecule has 0 atom stereocenters. The molecule has 28 heavy (non-hydrogen) atoms. The number of methoxy groups -OCH3 is 1. The molecule has 1 aliphatic heterocycles. The Hall–Kier alpha value is -2.42. The number of hydrogen-bond acceptors (Lipinski definition) is 6. The maximum atomic E-state index is 12.5. The highest BCUT2D eigenvalue weighted by molar-refractivity contribution is 7.92. The van der Waals surface area contributed by atoms with Crippen LogP contribution < -0.4 is 0 Å². The quantitative estimate of drug-likeness (QED) is 0.688. The second-order valence-corrected chi connectivity index (χ2v) is 8.43. The molecule has 0 radical (unpaired) electrons. The largest absolute Gasteiger partial charge is 0.465 e. The van der Waals surface area contributed by atoms with Crippen LogP contribution in [-0.2, 0) is 21.3 Å². The third-order valence-electron chi connectivity index (χ3n) is 4.68. The van der Waals surface area contributed by atoms with Crippen LogP contribution in [0.4, 0.5) is 0 Å². The molecule has 2 heterocycles. The molecule has 0 saturated carbocycles. The number of rotatable bonds is 6. The van der Waals surface area contributed by atoms with Crippen molar-refractivity contribution in [3.63, 3.8) is 0 Å². The van der Waals surface area contributed by atoms with E-state index >= 15 is 0 Å². The molecule has 0 bridgehead atoms. The van der Waals surface area contributed by atoms with E-state index in [4.69, 9.17) is 9.15 Å². The van der Waals surface area contributed by atoms with Crippen LogP contribution in [-0.4, -0.2) is 56.9 Å². The Morgan fingerprint density at radius 1 is 1.18 bits per heavy atom. The van der Waals surface area contributed by atoms with Gasteiger partial charge in [-0.2, -0.15) is 4.31 Å². The molecule has 2 aromatic rings. The van der Waals surface area contributed by atoms with Gasteiger partial charge in [-0.15, -0.1) is 0 Å². The Labute approximate surface area is 165 Å². The molecular formula is C20H24N2O5S. The predicted octanol–water partition coefficient (Wildman–Crippen LogP) is 2.49. The van der Waals surface area contributed by atoms with E-state index in [-0.39, 0.29) is 0 Å². The Balaban J connectivity index is 1.57. The SMILES string of the molecule is COC(=O)c1cc(CN2CCN(S(=O)(=O)/C=C/c3ccccc3)CC2)oc1C. The monoisotopic (exact) mass is 404 g/mol. The molecule has 1 aromatic heterocycles. The van der Waals surface area contributed by atoms with Crippen LogP contribution >= 0.6 is 0 Å². The van der Waals surface area contributed by atoms with Gasteiger partial charge in [0.25, 0.3) is 0 Å². The Kier molecular flexibility index (Phi) is 6.33. The van der Waals surface area contributed by atoms with E-state index in [2.05, 4.69) is 4.90 Å². The van der Waals surface area contributed by atoms with Crippen LogP contribution in [0.2, 0.25) is 0 Å². The number of esters is 1. The van der Waals surface area contributed by atoms with E-state index in [0.29, 0.717) is 49.8 Å². The van der Waals surface area contributed by atoms with Crippen molar-refractivity contribution in [3.8, 4) is 0 Å². The normalized spacial score (nSPS) is 16.5. The van der Waals surface area contributed by atoms with Crippen molar-refractivity contribution in [1.82, 2.24) is 9.21 Å². The highest BCUT2D eigenvalue weighted by atomic mass is 32.2. The first kappa shape index (κ1) is 20.3. The van der Waals surface area contributed by atoms with E-state index in [1.807, 2.05) is 30.3 Å². The molecule has 0 amide bonds. The summed E-state index contributed by atoms with van der Waals surface area (Å²) < 4.78 is 36.9. The third-order valence-corrected chi connectivity index (χ3v) is 6.24. The molecule has 0 spiro atoms. The van der Waals surface area contributed by atoms with Crippen molar-refractivity contribution in [2.75, 3.05) is 33.3 Å². The van der Waals surface area contributed by atoms with Gasteiger partial charge in [0.2, 0.25) is 10.0 Å². The number of aryl methyl sites for hydroxylation is 1. The summed E-state index contributed by atoms with van der Waals surface area (Å²) in [7, 11) is -2.12. The van der Waals surface area contributed by atoms with Gasteiger partial charge in [-0.25, -0.2) is 13.2 Å². The predicted molar refractivity (Wildman–Crippen MR) is 106 cm³/mol. The van der Waals surface area contributed by atoms with E-state index in [1.165, 1.54) is 16.8 Å². The van der Waals surface area contributed by atoms with Gasteiger partial charge >= 0.3 is 5.97 Å². The van der Waals surface area contributed by atoms with Gasteiger partial charge in [-0.3, -0.25) is 4.90 Å². The number of benzene rings is 1. The van der Waals surface area contributed by atoms with Gasteiger partial charge < -0.3 is 9.15 Å². The van der Waals surface area contributed by atoms with Crippen molar-refractivity contribution in [2.24, 2.45) is 0 Å². The fourth-order valence-electron chi connectivity index (χ4n) is 3.11. The van der Waals surface area contributed by atoms with Gasteiger partial charge in [-0.1, -0.05) is 30.3 Å². The van der Waals surface area contributed by atoms with Crippen molar-refractivity contribution < 1.29 is 22.4 Å². The third kappa shape index (κ3) is 4.89. The summed E-state index contributed by atoms with van der Waals surface area (Å²) in [5.41, 5.74) is 1.27. The van der Waals surface area contributed by atoms with E-state index in [0.717, 1.165) is 5.56 Å². The van der Waals surface area contributed by atoms with Crippen molar-refractivity contribution >= 4 is 22.1 Å². The molecular weight excluding hydrogens is 380 g/mol. The minimum Gasteiger partial charge on any atom is -0.465 e. The standard InChI is InChI=1S/C20H24N2O5S/c1-16-19(20(23)26-2)14-18(27-16)15-21-9-11-22(12-10-21)28(24,25)13-8-17-6-4-3-5-7-17/h3-8,13-14H,9-12,15H2,1-2H3/b13-8+. The highest BCUT2D eigenvalue weighted by Gasteiger charge is 2.26. The lowest BCUT2D eigenvalue weighted by Gasteiger charge is -2.32. The highest BCUT2D eigenvalue weighted by Crippen LogP contribution is 2.19. The summed E-state index contributed by atoms with van der Waals surface area (Å²) in [6, 6.07) is 11.0. The summed E-state index contributed by atoms with van der Waals surface area (Å²) in [5, 5.41) is 1.26. The lowest BCUT2D eigenvalue weighted by atomic mass is 10.2. The van der Waals surface area contributed by atoms with E-state index in [1.54, 1.807) is 19.1 Å². The summed E-state index contributed by atoms with van der Waals surface area (Å²) in [6.07, 6.45) is 1.61. The van der Waals surface area contributed by atoms with Gasteiger partial charge in [-0.05, 0) is 24.6 Å². The minimum absolute atomic E-state index is 0.408. The molecule has 1 saturated heterocycles. The molecule has 0 unspecified atom stereocenters. The summed E-state index contributed by atoms with van der Waals surface area (Å²) >= 11 is 0. The summed E-state index contributed by atoms with van der Waals surface area (Å²) in [6.45, 7) is 4.23. The van der Waals surface area contributed by atoms with Crippen LogP contribution in [0, 0.1) is 6.92 Å². The molecule has 3 rings (SSSR count). The molecule has 1 fully saturated rings. The number of piperazine rings is 1. The maximum absolute atomic E-state index is 12.5. The molecule has 150 valence electrons. The average molecular weight is 404 g/mol. The first-order valence-corrected chi connectivity index (χ1v) is 10.5. The number of hydrogen-bond donors (Lipinski definition) is 0. The lowest BCUT2D eigenvalue weighted by Crippen LogP contribution is -2.47. The average Bonchev–Trinajstić information content (AvgIpc) is 3.07. The Morgan fingerprint density at radius 3 is 2.50 bits per heavy atom. The van der Waals surface area contributed by atoms with Crippen molar-refractivity contribution in [3.05, 3.63) is 64.5 Å². The van der Waals surface area contributed by atoms with Crippen molar-refractivity contribution in [1.29, 1.82) is 0 Å². The number of carbonyl (C=O) groups is 1. The van der Waals surface area contributed by atoms with Gasteiger partial charge in [0.1, 0.15) is 17.1 Å². The molecule has 0 aliphatic carbocycles. The second-order valence-electron chi connectivity index (χ2n) is 6.61. The first-order chi connectivity index (χ1) is 13.4. The lowest BCUT2D eigenvalue weighted by molar-refractivity contribution is 0.0599. The smallest absolute Gasteiger partial charge is 0.341 e. The molecule has 7 nitrogen and oxygen atoms in total. The number of furan rings is 1. The molecule has 1 aliphatic rings. The second kappa shape index (κ2) is 8.72. The van der Waals surface area contributed by atoms with Crippen LogP contribution in [0.3, 0.4) is 0 Å². The number of nitrogens with zero attached hydrogens (tertiary/aromatic N) is 2. The maximum Gasteiger partial charge on any atom is 0.341 e. The molecule has 8 heteroatoms. The molecule has 1 aromatic carbocycles. The number of sulfonamides is 1. The zero-order chi connectivity index (χ0) is 20.1. The summed E-state index contributed by atoms with van der Waals surface area (Å²) in [4.78, 5) is 13.8. The minimum atomic E-state index is -3.45. The fourth-order valence-corrected chi connectivity index (χ4v) is 4.28. The van der Waals surface area contributed by atoms with Crippen LogP contribution in [0.1, 0.15) is 27.4 Å². The zero-order valence-electron chi connectivity index (χ0n) is 16.0. The van der Waals surface area contributed by atoms with Crippen LogP contribution in [0.15, 0.2) is 46.2 Å². The first-order valence-electron chi connectivity index (χ1n) is 9.02. The zero-order valence-corrected chi connectivity index (χ0v) is 16.8. The van der Waals surface area contributed by atoms with Crippen molar-refractivity contribution in [2.45, 2.75) is 13.5 Å². The summed E-state index contributed by atoms with van der Waals surface area (Å²) in [5.74, 6) is 0.765. The van der Waals surface area contributed by atoms with E-state index in [9.17, 15) is 13.2 Å². The Morgan fingerprint density at radius 2 is 1.86 bits per heavy atom. The number of carbonyl (C=O) groups excluding carboxylic acids is 1. The molecule has 0 N–H and O–H groups in total. The fraction of sp³-hybridized carbons (Fsp3) is 0.350. The number of ether oxygens (including phenoxy) is 1. The van der Waals surface area contributed by atoms with Gasteiger partial charge in [0.15, 0.2) is 0 Å². The van der Waals surface area contributed by atoms with Crippen LogP contribution in [0.25, 0.3) is 6.08 Å².